The highest BCUT2D eigenvalue weighted by Gasteiger charge is 2.15. The molecular weight excluding hydrogens is 484 g/mol. The lowest BCUT2D eigenvalue weighted by atomic mass is 10.1. The van der Waals surface area contributed by atoms with E-state index in [2.05, 4.69) is 34.9 Å². The summed E-state index contributed by atoms with van der Waals surface area (Å²) in [5.74, 6) is -0.192. The van der Waals surface area contributed by atoms with Crippen LogP contribution in [-0.4, -0.2) is 24.9 Å². The molecule has 4 nitrogen and oxygen atoms in total. The number of amides is 2. The minimum Gasteiger partial charge on any atom is -0.352 e. The lowest BCUT2D eigenvalue weighted by Gasteiger charge is -2.12. The van der Waals surface area contributed by atoms with Gasteiger partial charge in [-0.25, -0.2) is 0 Å². The van der Waals surface area contributed by atoms with Crippen molar-refractivity contribution in [2.75, 3.05) is 13.1 Å². The molecule has 0 aliphatic heterocycles. The zero-order chi connectivity index (χ0) is 25.0. The van der Waals surface area contributed by atoms with Crippen molar-refractivity contribution in [3.05, 3.63) is 131 Å². The van der Waals surface area contributed by atoms with Gasteiger partial charge in [0.25, 0.3) is 11.8 Å². The van der Waals surface area contributed by atoms with Gasteiger partial charge in [0.2, 0.25) is 0 Å². The Kier molecular flexibility index (Phi) is 9.65. The van der Waals surface area contributed by atoms with Crippen LogP contribution in [-0.2, 0) is 12.8 Å². The first-order valence-corrected chi connectivity index (χ1v) is 14.0. The molecule has 2 N–H and O–H groups in total. The Morgan fingerprint density at radius 1 is 0.500 bits per heavy atom. The van der Waals surface area contributed by atoms with E-state index in [0.29, 0.717) is 24.2 Å². The summed E-state index contributed by atoms with van der Waals surface area (Å²) in [6, 6.07) is 35.3. The Hall–Kier alpha value is -3.48. The van der Waals surface area contributed by atoms with Crippen molar-refractivity contribution < 1.29 is 9.59 Å². The Bertz CT molecular complexity index is 1180. The van der Waals surface area contributed by atoms with Crippen LogP contribution in [0.25, 0.3) is 0 Å². The number of hydrogen-bond acceptors (Lipinski definition) is 4. The van der Waals surface area contributed by atoms with Crippen LogP contribution in [0, 0.1) is 0 Å². The minimum atomic E-state index is -0.0958. The van der Waals surface area contributed by atoms with Crippen LogP contribution < -0.4 is 10.6 Å². The van der Waals surface area contributed by atoms with Gasteiger partial charge in [0.1, 0.15) is 0 Å². The molecule has 0 spiro atoms. The van der Waals surface area contributed by atoms with Gasteiger partial charge in [0.15, 0.2) is 0 Å². The summed E-state index contributed by atoms with van der Waals surface area (Å²) in [6.07, 6.45) is 1.56. The fourth-order valence-electron chi connectivity index (χ4n) is 3.66. The van der Waals surface area contributed by atoms with Crippen molar-refractivity contribution >= 4 is 33.4 Å². The highest BCUT2D eigenvalue weighted by molar-refractivity contribution is 8.76. The molecule has 0 fully saturated rings. The second-order valence-corrected chi connectivity index (χ2v) is 10.4. The standard InChI is InChI=1S/C30H28N2O2S2/c33-29(31-21-19-23-11-3-1-4-12-23)25-15-7-9-17-27(25)35-36-28-18-10-8-16-26(28)30(34)32-22-20-24-13-5-2-6-14-24/h1-18H,19-22H2,(H,31,33)(H,32,34). The van der Waals surface area contributed by atoms with Crippen LogP contribution in [0.2, 0.25) is 0 Å². The third-order valence-electron chi connectivity index (χ3n) is 5.57. The number of carbonyl (C=O) groups is 2. The molecule has 2 amide bonds. The molecule has 0 aliphatic carbocycles. The lowest BCUT2D eigenvalue weighted by Crippen LogP contribution is -2.26. The van der Waals surface area contributed by atoms with Gasteiger partial charge in [-0.3, -0.25) is 9.59 Å². The van der Waals surface area contributed by atoms with E-state index in [4.69, 9.17) is 0 Å². The first-order valence-electron chi connectivity index (χ1n) is 11.9. The van der Waals surface area contributed by atoms with Crippen LogP contribution in [0.5, 0.6) is 0 Å². The van der Waals surface area contributed by atoms with Gasteiger partial charge in [0, 0.05) is 22.9 Å². The number of hydrogen-bond donors (Lipinski definition) is 2. The second kappa shape index (κ2) is 13.6. The molecule has 182 valence electrons. The molecule has 6 heteroatoms. The molecular formula is C30H28N2O2S2. The van der Waals surface area contributed by atoms with Crippen molar-refractivity contribution in [2.24, 2.45) is 0 Å². The normalized spacial score (nSPS) is 10.6. The molecule has 36 heavy (non-hydrogen) atoms. The third-order valence-corrected chi connectivity index (χ3v) is 8.05. The van der Waals surface area contributed by atoms with Gasteiger partial charge in [-0.05, 0) is 48.2 Å². The summed E-state index contributed by atoms with van der Waals surface area (Å²) in [7, 11) is 2.97. The lowest BCUT2D eigenvalue weighted by molar-refractivity contribution is 0.0943. The number of nitrogens with one attached hydrogen (secondary N) is 2. The van der Waals surface area contributed by atoms with Gasteiger partial charge in [0.05, 0.1) is 11.1 Å². The smallest absolute Gasteiger partial charge is 0.252 e. The summed E-state index contributed by atoms with van der Waals surface area (Å²) in [6.45, 7) is 1.14. The second-order valence-electron chi connectivity index (χ2n) is 8.14. The highest BCUT2D eigenvalue weighted by atomic mass is 33.1. The maximum Gasteiger partial charge on any atom is 0.252 e. The first-order chi connectivity index (χ1) is 17.7. The summed E-state index contributed by atoms with van der Waals surface area (Å²) >= 11 is 0. The predicted octanol–water partition coefficient (Wildman–Crippen LogP) is 6.43. The highest BCUT2D eigenvalue weighted by Crippen LogP contribution is 2.40. The number of benzene rings is 4. The van der Waals surface area contributed by atoms with Crippen LogP contribution in [0.3, 0.4) is 0 Å². The van der Waals surface area contributed by atoms with Crippen LogP contribution in [0.4, 0.5) is 0 Å². The van der Waals surface area contributed by atoms with Crippen LogP contribution in [0.15, 0.2) is 119 Å². The monoisotopic (exact) mass is 512 g/mol. The molecule has 0 saturated heterocycles. The molecule has 0 aromatic heterocycles. The SMILES string of the molecule is O=C(NCCc1ccccc1)c1ccccc1SSc1ccccc1C(=O)NCCc1ccccc1. The summed E-state index contributed by atoms with van der Waals surface area (Å²) in [4.78, 5) is 27.5. The fourth-order valence-corrected chi connectivity index (χ4v) is 6.02. The molecule has 4 rings (SSSR count). The largest absolute Gasteiger partial charge is 0.352 e. The zero-order valence-corrected chi connectivity index (χ0v) is 21.5. The molecule has 0 atom stereocenters. The van der Waals surface area contributed by atoms with Crippen molar-refractivity contribution in [3.63, 3.8) is 0 Å². The van der Waals surface area contributed by atoms with Gasteiger partial charge in [-0.15, -0.1) is 0 Å². The predicted molar refractivity (Wildman–Crippen MR) is 150 cm³/mol. The van der Waals surface area contributed by atoms with Gasteiger partial charge in [-0.2, -0.15) is 0 Å². The van der Waals surface area contributed by atoms with E-state index < -0.39 is 0 Å². The topological polar surface area (TPSA) is 58.2 Å². The molecule has 4 aromatic rings. The van der Waals surface area contributed by atoms with Gasteiger partial charge >= 0.3 is 0 Å². The maximum atomic E-state index is 12.9. The molecule has 4 aromatic carbocycles. The molecule has 0 aliphatic rings. The molecule has 0 saturated carbocycles. The Balaban J connectivity index is 1.34. The quantitative estimate of drug-likeness (QED) is 0.227. The maximum absolute atomic E-state index is 12.9. The first kappa shape index (κ1) is 25.6. The third kappa shape index (κ3) is 7.51. The fraction of sp³-hybridized carbons (Fsp3) is 0.133. The molecule has 0 bridgehead atoms. The summed E-state index contributed by atoms with van der Waals surface area (Å²) in [5.41, 5.74) is 3.64. The average Bonchev–Trinajstić information content (AvgIpc) is 2.93. The van der Waals surface area contributed by atoms with E-state index in [0.717, 1.165) is 22.6 Å². The summed E-state index contributed by atoms with van der Waals surface area (Å²) < 4.78 is 0. The number of carbonyl (C=O) groups excluding carboxylic acids is 2. The van der Waals surface area contributed by atoms with Gasteiger partial charge < -0.3 is 10.6 Å². The molecule has 0 radical (unpaired) electrons. The molecule has 0 unspecified atom stereocenters. The van der Waals surface area contributed by atoms with E-state index in [1.165, 1.54) is 32.7 Å². The van der Waals surface area contributed by atoms with Crippen LogP contribution in [0.1, 0.15) is 31.8 Å². The Morgan fingerprint density at radius 2 is 0.861 bits per heavy atom. The number of rotatable bonds is 11. The van der Waals surface area contributed by atoms with E-state index in [9.17, 15) is 9.59 Å². The van der Waals surface area contributed by atoms with Crippen LogP contribution >= 0.6 is 21.6 Å². The van der Waals surface area contributed by atoms with Crippen molar-refractivity contribution in [1.82, 2.24) is 10.6 Å². The van der Waals surface area contributed by atoms with Crippen molar-refractivity contribution in [2.45, 2.75) is 22.6 Å². The Morgan fingerprint density at radius 3 is 1.28 bits per heavy atom. The average molecular weight is 513 g/mol. The van der Waals surface area contributed by atoms with Gasteiger partial charge in [-0.1, -0.05) is 107 Å². The minimum absolute atomic E-state index is 0.0958. The van der Waals surface area contributed by atoms with Crippen molar-refractivity contribution in [3.8, 4) is 0 Å². The summed E-state index contributed by atoms with van der Waals surface area (Å²) in [5, 5.41) is 6.05. The Labute approximate surface area is 220 Å². The van der Waals surface area contributed by atoms with E-state index in [-0.39, 0.29) is 11.8 Å². The van der Waals surface area contributed by atoms with E-state index in [1.54, 1.807) is 0 Å². The zero-order valence-electron chi connectivity index (χ0n) is 19.9. The van der Waals surface area contributed by atoms with E-state index in [1.807, 2.05) is 84.9 Å². The van der Waals surface area contributed by atoms with E-state index >= 15 is 0 Å². The van der Waals surface area contributed by atoms with Crippen molar-refractivity contribution in [1.29, 1.82) is 0 Å². The molecule has 0 heterocycles.